The number of fused-ring (bicyclic) bond motifs is 1. The summed E-state index contributed by atoms with van der Waals surface area (Å²) in [5.74, 6) is -2.60. The third-order valence-corrected chi connectivity index (χ3v) is 4.07. The maximum absolute atomic E-state index is 14.1. The minimum absolute atomic E-state index is 0.0467. The molecule has 2 aromatic heterocycles. The van der Waals surface area contributed by atoms with E-state index in [1.165, 1.54) is 25.4 Å². The van der Waals surface area contributed by atoms with Crippen LogP contribution in [0.3, 0.4) is 0 Å². The largest absolute Gasteiger partial charge is 0.350 e. The van der Waals surface area contributed by atoms with Crippen LogP contribution in [0.1, 0.15) is 22.5 Å². The lowest BCUT2D eigenvalue weighted by molar-refractivity contribution is -0.120. The summed E-state index contributed by atoms with van der Waals surface area (Å²) in [6, 6.07) is 4.03. The Morgan fingerprint density at radius 2 is 2.07 bits per heavy atom. The third-order valence-electron chi connectivity index (χ3n) is 4.07. The third kappa shape index (κ3) is 3.64. The smallest absolute Gasteiger partial charge is 0.252 e. The molecule has 0 aliphatic carbocycles. The number of aryl methyl sites for hydroxylation is 1. The number of nitrogens with zero attached hydrogens (tertiary/aromatic N) is 3. The summed E-state index contributed by atoms with van der Waals surface area (Å²) >= 11 is 0. The lowest BCUT2D eigenvalue weighted by Gasteiger charge is -2.10. The number of amides is 1. The van der Waals surface area contributed by atoms with Gasteiger partial charge >= 0.3 is 0 Å². The Bertz CT molecular complexity index is 1130. The van der Waals surface area contributed by atoms with E-state index >= 15 is 0 Å². The number of H-pyrrole nitrogens is 1. The average Bonchev–Trinajstić information content (AvgIpc) is 2.66. The normalized spacial score (nSPS) is 10.6. The number of benzene rings is 1. The van der Waals surface area contributed by atoms with Crippen LogP contribution in [0.15, 0.2) is 29.3 Å². The molecule has 0 bridgehead atoms. The van der Waals surface area contributed by atoms with Crippen LogP contribution >= 0.6 is 0 Å². The van der Waals surface area contributed by atoms with E-state index < -0.39 is 23.1 Å². The van der Waals surface area contributed by atoms with Gasteiger partial charge in [-0.15, -0.1) is 0 Å². The number of nitriles is 1. The topological polar surface area (TPSA) is 112 Å². The van der Waals surface area contributed by atoms with E-state index in [0.29, 0.717) is 5.69 Å². The molecule has 0 aliphatic rings. The van der Waals surface area contributed by atoms with Crippen molar-refractivity contribution in [3.63, 3.8) is 0 Å². The van der Waals surface area contributed by atoms with Crippen LogP contribution in [0.25, 0.3) is 10.9 Å². The van der Waals surface area contributed by atoms with Crippen molar-refractivity contribution in [3.05, 3.63) is 69.0 Å². The first-order valence-corrected chi connectivity index (χ1v) is 7.88. The monoisotopic (exact) mass is 369 g/mol. The van der Waals surface area contributed by atoms with E-state index in [4.69, 9.17) is 5.26 Å². The van der Waals surface area contributed by atoms with Gasteiger partial charge in [0, 0.05) is 10.9 Å². The van der Waals surface area contributed by atoms with Crippen LogP contribution in [0.5, 0.6) is 0 Å². The minimum atomic E-state index is -1.07. The van der Waals surface area contributed by atoms with Gasteiger partial charge in [0.25, 0.3) is 5.56 Å². The fourth-order valence-corrected chi connectivity index (χ4v) is 2.67. The highest BCUT2D eigenvalue weighted by atomic mass is 19.2. The highest BCUT2D eigenvalue weighted by molar-refractivity contribution is 5.86. The number of hydrogen-bond acceptors (Lipinski definition) is 5. The van der Waals surface area contributed by atoms with Crippen LogP contribution in [0, 0.1) is 29.9 Å². The number of aromatic amines is 1. The number of hydrogen-bond donors (Lipinski definition) is 2. The minimum Gasteiger partial charge on any atom is -0.350 e. The van der Waals surface area contributed by atoms with Crippen molar-refractivity contribution < 1.29 is 13.6 Å². The molecule has 0 atom stereocenters. The van der Waals surface area contributed by atoms with Gasteiger partial charge in [0.05, 0.1) is 36.6 Å². The molecule has 0 radical (unpaired) electrons. The Kier molecular flexibility index (Phi) is 4.90. The Labute approximate surface area is 151 Å². The van der Waals surface area contributed by atoms with Gasteiger partial charge in [0.2, 0.25) is 5.91 Å². The van der Waals surface area contributed by atoms with E-state index in [9.17, 15) is 18.4 Å². The van der Waals surface area contributed by atoms with E-state index in [1.807, 2.05) is 6.07 Å². The van der Waals surface area contributed by atoms with Crippen molar-refractivity contribution in [1.29, 1.82) is 5.26 Å². The van der Waals surface area contributed by atoms with Gasteiger partial charge in [-0.3, -0.25) is 14.6 Å². The molecule has 0 fully saturated rings. The quantitative estimate of drug-likeness (QED) is 0.726. The molecular formula is C18H13F2N5O2. The number of halogens is 2. The maximum Gasteiger partial charge on any atom is 0.252 e. The van der Waals surface area contributed by atoms with Gasteiger partial charge in [0.1, 0.15) is 6.07 Å². The van der Waals surface area contributed by atoms with Crippen molar-refractivity contribution in [2.75, 3.05) is 0 Å². The molecule has 1 aromatic carbocycles. The van der Waals surface area contributed by atoms with Crippen molar-refractivity contribution >= 4 is 16.8 Å². The van der Waals surface area contributed by atoms with Gasteiger partial charge < -0.3 is 10.3 Å². The van der Waals surface area contributed by atoms with Gasteiger partial charge in [-0.2, -0.15) is 5.26 Å². The molecule has 136 valence electrons. The number of aromatic nitrogens is 3. The van der Waals surface area contributed by atoms with Crippen LogP contribution < -0.4 is 10.9 Å². The van der Waals surface area contributed by atoms with E-state index in [-0.39, 0.29) is 40.7 Å². The summed E-state index contributed by atoms with van der Waals surface area (Å²) in [5, 5.41) is 11.2. The fourth-order valence-electron chi connectivity index (χ4n) is 2.67. The number of rotatable bonds is 4. The highest BCUT2D eigenvalue weighted by Gasteiger charge is 2.17. The summed E-state index contributed by atoms with van der Waals surface area (Å²) in [4.78, 5) is 34.7. The first-order chi connectivity index (χ1) is 12.9. The first-order valence-electron chi connectivity index (χ1n) is 7.88. The Hall–Kier alpha value is -3.67. The zero-order chi connectivity index (χ0) is 19.6. The molecule has 27 heavy (non-hydrogen) atoms. The summed E-state index contributed by atoms with van der Waals surface area (Å²) in [6.07, 6.45) is 2.32. The summed E-state index contributed by atoms with van der Waals surface area (Å²) in [5.41, 5.74) is 0.458. The zero-order valence-corrected chi connectivity index (χ0v) is 14.1. The number of carbonyl (C=O) groups is 1. The molecule has 0 spiro atoms. The van der Waals surface area contributed by atoms with Crippen molar-refractivity contribution in [1.82, 2.24) is 20.3 Å². The van der Waals surface area contributed by atoms with Crippen LogP contribution in [-0.2, 0) is 17.8 Å². The Morgan fingerprint density at radius 3 is 2.74 bits per heavy atom. The zero-order valence-electron chi connectivity index (χ0n) is 14.1. The number of nitrogens with one attached hydrogen (secondary N) is 2. The molecule has 1 amide bonds. The first kappa shape index (κ1) is 18.1. The molecule has 9 heteroatoms. The van der Waals surface area contributed by atoms with Crippen molar-refractivity contribution in [2.24, 2.45) is 0 Å². The van der Waals surface area contributed by atoms with Crippen LogP contribution in [0.2, 0.25) is 0 Å². The molecule has 0 saturated heterocycles. The Balaban J connectivity index is 1.81. The predicted molar refractivity (Wildman–Crippen MR) is 91.5 cm³/mol. The summed E-state index contributed by atoms with van der Waals surface area (Å²) in [6.45, 7) is 1.51. The molecule has 7 nitrogen and oxygen atoms in total. The standard InChI is InChI=1S/C18H13F2N5O2/c1-9-12(18(27)25-14-3-2-13(19)17(20)16(9)14)4-15(26)24-8-11-7-22-10(5-21)6-23-11/h2-3,6-7H,4,8H2,1H3,(H,24,26)(H,25,27). The van der Waals surface area contributed by atoms with Gasteiger partial charge in [-0.05, 0) is 24.6 Å². The van der Waals surface area contributed by atoms with Crippen LogP contribution in [-0.4, -0.2) is 20.9 Å². The summed E-state index contributed by atoms with van der Waals surface area (Å²) in [7, 11) is 0. The van der Waals surface area contributed by atoms with Crippen LogP contribution in [0.4, 0.5) is 8.78 Å². The Morgan fingerprint density at radius 1 is 1.30 bits per heavy atom. The number of carbonyl (C=O) groups excluding carboxylic acids is 1. The number of pyridine rings is 1. The van der Waals surface area contributed by atoms with Crippen molar-refractivity contribution in [2.45, 2.75) is 19.9 Å². The predicted octanol–water partition coefficient (Wildman–Crippen LogP) is 1.64. The highest BCUT2D eigenvalue weighted by Crippen LogP contribution is 2.23. The lowest BCUT2D eigenvalue weighted by Crippen LogP contribution is -2.28. The average molecular weight is 369 g/mol. The molecule has 0 saturated carbocycles. The second kappa shape index (κ2) is 7.29. The molecule has 0 unspecified atom stereocenters. The lowest BCUT2D eigenvalue weighted by atomic mass is 10.0. The second-order valence-corrected chi connectivity index (χ2v) is 5.80. The molecule has 2 N–H and O–H groups in total. The maximum atomic E-state index is 14.1. The molecule has 0 aliphatic heterocycles. The van der Waals surface area contributed by atoms with Crippen molar-refractivity contribution in [3.8, 4) is 6.07 Å². The molecule has 3 rings (SSSR count). The SMILES string of the molecule is Cc1c(CC(=O)NCc2cnc(C#N)cn2)c(=O)[nH]c2ccc(F)c(F)c12. The van der Waals surface area contributed by atoms with Gasteiger partial charge in [-0.1, -0.05) is 0 Å². The molecule has 3 aromatic rings. The molecule has 2 heterocycles. The summed E-state index contributed by atoms with van der Waals surface area (Å²) < 4.78 is 27.6. The van der Waals surface area contributed by atoms with E-state index in [2.05, 4.69) is 20.3 Å². The second-order valence-electron chi connectivity index (χ2n) is 5.80. The molecular weight excluding hydrogens is 356 g/mol. The van der Waals surface area contributed by atoms with E-state index in [0.717, 1.165) is 6.07 Å². The fraction of sp³-hybridized carbons (Fsp3) is 0.167. The van der Waals surface area contributed by atoms with Gasteiger partial charge in [-0.25, -0.2) is 13.8 Å². The van der Waals surface area contributed by atoms with Gasteiger partial charge in [0.15, 0.2) is 17.3 Å². The van der Waals surface area contributed by atoms with E-state index in [1.54, 1.807) is 0 Å².